The number of fused-ring (bicyclic) bond motifs is 2. The minimum absolute atomic E-state index is 0.145. The standard InChI is InChI=1S/C18H27FN2/c1-12(2)21-10-14-5-4-6-15(11-21)18(14)20-17-8-7-16(19)9-13(17)3/h7-9,12,14-15,18,20H,4-6,10-11H2,1-3H3. The summed E-state index contributed by atoms with van der Waals surface area (Å²) in [5.74, 6) is 1.31. The Morgan fingerprint density at radius 2 is 1.86 bits per heavy atom. The molecule has 0 spiro atoms. The van der Waals surface area contributed by atoms with Crippen LogP contribution >= 0.6 is 0 Å². The van der Waals surface area contributed by atoms with Crippen molar-refractivity contribution in [2.75, 3.05) is 18.4 Å². The molecule has 1 saturated heterocycles. The van der Waals surface area contributed by atoms with Crippen molar-refractivity contribution >= 4 is 5.69 Å². The molecule has 0 amide bonds. The molecule has 2 aliphatic rings. The van der Waals surface area contributed by atoms with Gasteiger partial charge in [0.2, 0.25) is 0 Å². The van der Waals surface area contributed by atoms with E-state index >= 15 is 0 Å². The maximum Gasteiger partial charge on any atom is 0.123 e. The molecule has 1 aromatic carbocycles. The molecular formula is C18H27FN2. The maximum absolute atomic E-state index is 13.3. The number of rotatable bonds is 3. The van der Waals surface area contributed by atoms with Gasteiger partial charge < -0.3 is 10.2 Å². The molecule has 2 bridgehead atoms. The second kappa shape index (κ2) is 5.96. The van der Waals surface area contributed by atoms with Crippen LogP contribution in [-0.4, -0.2) is 30.1 Å². The molecule has 1 aliphatic heterocycles. The highest BCUT2D eigenvalue weighted by Gasteiger charge is 2.40. The van der Waals surface area contributed by atoms with Crippen molar-refractivity contribution in [3.05, 3.63) is 29.6 Å². The first kappa shape index (κ1) is 14.8. The minimum Gasteiger partial charge on any atom is -0.381 e. The minimum atomic E-state index is -0.145. The Balaban J connectivity index is 1.76. The van der Waals surface area contributed by atoms with E-state index in [-0.39, 0.29) is 5.82 Å². The predicted molar refractivity (Wildman–Crippen MR) is 86.1 cm³/mol. The van der Waals surface area contributed by atoms with Gasteiger partial charge in [0.1, 0.15) is 5.82 Å². The third-order valence-electron chi connectivity index (χ3n) is 5.34. The second-order valence-corrected chi connectivity index (χ2v) is 7.13. The summed E-state index contributed by atoms with van der Waals surface area (Å²) >= 11 is 0. The quantitative estimate of drug-likeness (QED) is 0.903. The Hall–Kier alpha value is -1.09. The Morgan fingerprint density at radius 1 is 1.19 bits per heavy atom. The number of aryl methyl sites for hydroxylation is 1. The first-order valence-corrected chi connectivity index (χ1v) is 8.31. The van der Waals surface area contributed by atoms with E-state index < -0.39 is 0 Å². The average Bonchev–Trinajstić information content (AvgIpc) is 2.41. The van der Waals surface area contributed by atoms with Crippen LogP contribution in [0.2, 0.25) is 0 Å². The van der Waals surface area contributed by atoms with Gasteiger partial charge in [-0.3, -0.25) is 0 Å². The summed E-state index contributed by atoms with van der Waals surface area (Å²) in [6.45, 7) is 8.99. The monoisotopic (exact) mass is 290 g/mol. The molecule has 0 radical (unpaired) electrons. The summed E-state index contributed by atoms with van der Waals surface area (Å²) in [4.78, 5) is 2.63. The molecule has 0 aromatic heterocycles. The van der Waals surface area contributed by atoms with Gasteiger partial charge >= 0.3 is 0 Å². The Labute approximate surface area is 127 Å². The summed E-state index contributed by atoms with van der Waals surface area (Å²) in [6, 6.07) is 6.28. The van der Waals surface area contributed by atoms with Crippen LogP contribution in [0.1, 0.15) is 38.7 Å². The first-order valence-electron chi connectivity index (χ1n) is 8.31. The zero-order valence-corrected chi connectivity index (χ0v) is 13.4. The van der Waals surface area contributed by atoms with Crippen LogP contribution in [0.3, 0.4) is 0 Å². The third kappa shape index (κ3) is 3.08. The molecule has 2 fully saturated rings. The number of hydrogen-bond donors (Lipinski definition) is 1. The lowest BCUT2D eigenvalue weighted by molar-refractivity contribution is 0.0518. The smallest absolute Gasteiger partial charge is 0.123 e. The topological polar surface area (TPSA) is 15.3 Å². The molecule has 2 unspecified atom stereocenters. The van der Waals surface area contributed by atoms with Gasteiger partial charge in [-0.1, -0.05) is 6.42 Å². The molecule has 1 heterocycles. The Bertz CT molecular complexity index is 486. The van der Waals surface area contributed by atoms with Gasteiger partial charge in [-0.15, -0.1) is 0 Å². The normalized spacial score (nSPS) is 29.7. The van der Waals surface area contributed by atoms with Gasteiger partial charge in [-0.05, 0) is 69.2 Å². The second-order valence-electron chi connectivity index (χ2n) is 7.13. The largest absolute Gasteiger partial charge is 0.381 e. The van der Waals surface area contributed by atoms with E-state index in [1.807, 2.05) is 13.0 Å². The highest BCUT2D eigenvalue weighted by Crippen LogP contribution is 2.37. The summed E-state index contributed by atoms with van der Waals surface area (Å²) in [5, 5.41) is 3.74. The number of piperidine rings is 1. The van der Waals surface area contributed by atoms with Crippen molar-refractivity contribution in [1.29, 1.82) is 0 Å². The zero-order valence-electron chi connectivity index (χ0n) is 13.4. The SMILES string of the molecule is Cc1cc(F)ccc1NC1C2CCCC1CN(C(C)C)C2. The number of benzene rings is 1. The van der Waals surface area contributed by atoms with Crippen LogP contribution < -0.4 is 5.32 Å². The zero-order chi connectivity index (χ0) is 15.0. The average molecular weight is 290 g/mol. The number of nitrogens with one attached hydrogen (secondary N) is 1. The molecule has 116 valence electrons. The fourth-order valence-electron chi connectivity index (χ4n) is 4.10. The fraction of sp³-hybridized carbons (Fsp3) is 0.667. The van der Waals surface area contributed by atoms with Crippen LogP contribution in [0.5, 0.6) is 0 Å². The van der Waals surface area contributed by atoms with E-state index in [9.17, 15) is 4.39 Å². The lowest BCUT2D eigenvalue weighted by Gasteiger charge is -2.49. The van der Waals surface area contributed by atoms with E-state index in [0.29, 0.717) is 12.1 Å². The number of hydrogen-bond acceptors (Lipinski definition) is 2. The van der Waals surface area contributed by atoms with E-state index in [4.69, 9.17) is 0 Å². The third-order valence-corrected chi connectivity index (χ3v) is 5.34. The maximum atomic E-state index is 13.3. The van der Waals surface area contributed by atoms with E-state index in [2.05, 4.69) is 24.1 Å². The van der Waals surface area contributed by atoms with Gasteiger partial charge in [0, 0.05) is 30.9 Å². The van der Waals surface area contributed by atoms with Gasteiger partial charge in [-0.25, -0.2) is 4.39 Å². The predicted octanol–water partition coefficient (Wildman–Crippen LogP) is 4.05. The van der Waals surface area contributed by atoms with Crippen molar-refractivity contribution in [2.45, 2.75) is 52.1 Å². The van der Waals surface area contributed by atoms with Gasteiger partial charge in [0.15, 0.2) is 0 Å². The Kier molecular flexibility index (Phi) is 4.21. The summed E-state index contributed by atoms with van der Waals surface area (Å²) in [7, 11) is 0. The van der Waals surface area contributed by atoms with Crippen molar-refractivity contribution in [1.82, 2.24) is 4.90 Å². The summed E-state index contributed by atoms with van der Waals surface area (Å²) < 4.78 is 13.3. The lowest BCUT2D eigenvalue weighted by atomic mass is 9.73. The molecule has 21 heavy (non-hydrogen) atoms. The summed E-state index contributed by atoms with van der Waals surface area (Å²) in [6.07, 6.45) is 4.00. The molecular weight excluding hydrogens is 263 g/mol. The lowest BCUT2D eigenvalue weighted by Crippen LogP contribution is -2.56. The van der Waals surface area contributed by atoms with Crippen LogP contribution in [0, 0.1) is 24.6 Å². The highest BCUT2D eigenvalue weighted by molar-refractivity contribution is 5.51. The van der Waals surface area contributed by atoms with Crippen molar-refractivity contribution in [2.24, 2.45) is 11.8 Å². The van der Waals surface area contributed by atoms with Gasteiger partial charge in [-0.2, -0.15) is 0 Å². The van der Waals surface area contributed by atoms with Crippen molar-refractivity contribution in [3.63, 3.8) is 0 Å². The molecule has 1 aromatic rings. The van der Waals surface area contributed by atoms with E-state index in [1.54, 1.807) is 12.1 Å². The molecule has 3 rings (SSSR count). The molecule has 1 N–H and O–H groups in total. The van der Waals surface area contributed by atoms with Gasteiger partial charge in [0.25, 0.3) is 0 Å². The molecule has 2 atom stereocenters. The van der Waals surface area contributed by atoms with Crippen LogP contribution in [-0.2, 0) is 0 Å². The van der Waals surface area contributed by atoms with Gasteiger partial charge in [0.05, 0.1) is 0 Å². The van der Waals surface area contributed by atoms with E-state index in [1.165, 1.54) is 32.4 Å². The van der Waals surface area contributed by atoms with Crippen molar-refractivity contribution in [3.8, 4) is 0 Å². The first-order chi connectivity index (χ1) is 10.0. The fourth-order valence-corrected chi connectivity index (χ4v) is 4.10. The van der Waals surface area contributed by atoms with Crippen LogP contribution in [0.25, 0.3) is 0 Å². The highest BCUT2D eigenvalue weighted by atomic mass is 19.1. The molecule has 3 heteroatoms. The van der Waals surface area contributed by atoms with Crippen LogP contribution in [0.15, 0.2) is 18.2 Å². The molecule has 2 nitrogen and oxygen atoms in total. The molecule has 1 saturated carbocycles. The Morgan fingerprint density at radius 3 is 2.43 bits per heavy atom. The number of halogens is 1. The van der Waals surface area contributed by atoms with Crippen LogP contribution in [0.4, 0.5) is 10.1 Å². The molecule has 1 aliphatic carbocycles. The van der Waals surface area contributed by atoms with Crippen molar-refractivity contribution < 1.29 is 4.39 Å². The van der Waals surface area contributed by atoms with E-state index in [0.717, 1.165) is 23.1 Å². The number of anilines is 1. The summed E-state index contributed by atoms with van der Waals surface area (Å²) in [5.41, 5.74) is 2.12. The number of likely N-dealkylation sites (tertiary alicyclic amines) is 1. The number of nitrogens with zero attached hydrogens (tertiary/aromatic N) is 1.